The Morgan fingerprint density at radius 1 is 0.893 bits per heavy atom. The Morgan fingerprint density at radius 2 is 1.64 bits per heavy atom. The molecule has 0 amide bonds. The monoisotopic (exact) mass is 385 g/mol. The number of ketones is 1. The Balaban J connectivity index is 1.97. The highest BCUT2D eigenvalue weighted by Crippen LogP contribution is 2.43. The Bertz CT molecular complexity index is 1260. The Hall–Kier alpha value is -2.71. The van der Waals surface area contributed by atoms with Crippen LogP contribution >= 0.6 is 11.6 Å². The van der Waals surface area contributed by atoms with E-state index in [0.29, 0.717) is 11.4 Å². The van der Waals surface area contributed by atoms with Gasteiger partial charge in [0.2, 0.25) is 0 Å². The molecule has 0 aliphatic heterocycles. The van der Waals surface area contributed by atoms with Gasteiger partial charge in [0.25, 0.3) is 0 Å². The van der Waals surface area contributed by atoms with Gasteiger partial charge in [0, 0.05) is 28.0 Å². The standard InChI is InChI=1S/C25H20ClNO/c1-25(2)13-20-24(21(28)14-25)22(16-7-10-17(26)11-8-16)23-18-6-4-3-5-15(18)9-12-19(23)27-20/h3-12H,13-14H2,1-2H3. The maximum absolute atomic E-state index is 13.3. The van der Waals surface area contributed by atoms with E-state index in [9.17, 15) is 4.79 Å². The number of hydrogen-bond donors (Lipinski definition) is 0. The van der Waals surface area contributed by atoms with Crippen molar-refractivity contribution in [3.8, 4) is 11.1 Å². The van der Waals surface area contributed by atoms with Gasteiger partial charge in [-0.25, -0.2) is 0 Å². The van der Waals surface area contributed by atoms with Crippen LogP contribution in [0.4, 0.5) is 0 Å². The molecular weight excluding hydrogens is 366 g/mol. The minimum Gasteiger partial charge on any atom is -0.294 e. The number of fused-ring (bicyclic) bond motifs is 4. The topological polar surface area (TPSA) is 30.0 Å². The first-order valence-electron chi connectivity index (χ1n) is 9.56. The van der Waals surface area contributed by atoms with Gasteiger partial charge in [-0.2, -0.15) is 0 Å². The summed E-state index contributed by atoms with van der Waals surface area (Å²) in [5, 5.41) is 4.01. The molecule has 0 N–H and O–H groups in total. The first-order valence-corrected chi connectivity index (χ1v) is 9.94. The smallest absolute Gasteiger partial charge is 0.165 e. The number of aromatic nitrogens is 1. The third kappa shape index (κ3) is 2.71. The normalized spacial score (nSPS) is 15.8. The number of halogens is 1. The summed E-state index contributed by atoms with van der Waals surface area (Å²) >= 11 is 6.14. The fourth-order valence-corrected chi connectivity index (χ4v) is 4.58. The van der Waals surface area contributed by atoms with E-state index in [1.807, 2.05) is 36.4 Å². The molecule has 4 aromatic rings. The predicted octanol–water partition coefficient (Wildman–Crippen LogP) is 6.86. The van der Waals surface area contributed by atoms with E-state index in [2.05, 4.69) is 38.1 Å². The first-order chi connectivity index (χ1) is 13.4. The fraction of sp³-hybridized carbons (Fsp3) is 0.200. The number of nitrogens with zero attached hydrogens (tertiary/aromatic N) is 1. The van der Waals surface area contributed by atoms with E-state index in [1.54, 1.807) is 0 Å². The lowest BCUT2D eigenvalue weighted by Gasteiger charge is -2.31. The zero-order valence-electron chi connectivity index (χ0n) is 15.9. The van der Waals surface area contributed by atoms with Crippen molar-refractivity contribution in [2.45, 2.75) is 26.7 Å². The Labute approximate surface area is 169 Å². The van der Waals surface area contributed by atoms with Gasteiger partial charge >= 0.3 is 0 Å². The maximum Gasteiger partial charge on any atom is 0.165 e. The van der Waals surface area contributed by atoms with Crippen LogP contribution in [0, 0.1) is 5.41 Å². The second kappa shape index (κ2) is 6.15. The molecular formula is C25H20ClNO. The van der Waals surface area contributed by atoms with Crippen LogP contribution in [0.1, 0.15) is 36.3 Å². The SMILES string of the molecule is CC1(C)CC(=O)c2c(nc3ccc4ccccc4c3c2-c2ccc(Cl)cc2)C1. The highest BCUT2D eigenvalue weighted by molar-refractivity contribution is 6.30. The molecule has 1 heterocycles. The summed E-state index contributed by atoms with van der Waals surface area (Å²) in [4.78, 5) is 18.2. The van der Waals surface area contributed by atoms with Crippen molar-refractivity contribution in [3.05, 3.63) is 76.9 Å². The molecule has 3 heteroatoms. The van der Waals surface area contributed by atoms with Gasteiger partial charge in [0.1, 0.15) is 0 Å². The molecule has 3 aromatic carbocycles. The molecule has 28 heavy (non-hydrogen) atoms. The molecule has 0 saturated carbocycles. The number of carbonyl (C=O) groups excluding carboxylic acids is 1. The van der Waals surface area contributed by atoms with E-state index in [0.717, 1.165) is 50.5 Å². The number of carbonyl (C=O) groups is 1. The minimum atomic E-state index is -0.0706. The van der Waals surface area contributed by atoms with Crippen molar-refractivity contribution in [1.82, 2.24) is 4.98 Å². The van der Waals surface area contributed by atoms with Crippen molar-refractivity contribution in [2.24, 2.45) is 5.41 Å². The quantitative estimate of drug-likeness (QED) is 0.335. The third-order valence-corrected chi connectivity index (χ3v) is 5.90. The number of pyridine rings is 1. The average molecular weight is 386 g/mol. The molecule has 0 atom stereocenters. The van der Waals surface area contributed by atoms with Crippen LogP contribution in [-0.4, -0.2) is 10.8 Å². The molecule has 0 unspecified atom stereocenters. The summed E-state index contributed by atoms with van der Waals surface area (Å²) in [6.45, 7) is 4.28. The minimum absolute atomic E-state index is 0.0706. The van der Waals surface area contributed by atoms with E-state index in [4.69, 9.17) is 16.6 Å². The highest BCUT2D eigenvalue weighted by atomic mass is 35.5. The van der Waals surface area contributed by atoms with Crippen LogP contribution in [0.15, 0.2) is 60.7 Å². The van der Waals surface area contributed by atoms with Crippen molar-refractivity contribution < 1.29 is 4.79 Å². The zero-order chi connectivity index (χ0) is 19.5. The van der Waals surface area contributed by atoms with Crippen LogP contribution in [0.3, 0.4) is 0 Å². The molecule has 1 aliphatic rings. The first kappa shape index (κ1) is 17.4. The molecule has 0 spiro atoms. The number of hydrogen-bond acceptors (Lipinski definition) is 2. The van der Waals surface area contributed by atoms with Crippen LogP contribution in [0.2, 0.25) is 5.02 Å². The van der Waals surface area contributed by atoms with Crippen LogP contribution in [0.5, 0.6) is 0 Å². The lowest BCUT2D eigenvalue weighted by molar-refractivity contribution is 0.0911. The molecule has 0 fully saturated rings. The average Bonchev–Trinajstić information content (AvgIpc) is 2.66. The molecule has 0 bridgehead atoms. The van der Waals surface area contributed by atoms with Crippen molar-refractivity contribution in [3.63, 3.8) is 0 Å². The van der Waals surface area contributed by atoms with E-state index in [-0.39, 0.29) is 11.2 Å². The van der Waals surface area contributed by atoms with Crippen LogP contribution in [-0.2, 0) is 6.42 Å². The maximum atomic E-state index is 13.3. The summed E-state index contributed by atoms with van der Waals surface area (Å²) in [5.74, 6) is 0.179. The van der Waals surface area contributed by atoms with Crippen molar-refractivity contribution in [1.29, 1.82) is 0 Å². The molecule has 2 nitrogen and oxygen atoms in total. The fourth-order valence-electron chi connectivity index (χ4n) is 4.46. The van der Waals surface area contributed by atoms with Crippen LogP contribution < -0.4 is 0 Å². The van der Waals surface area contributed by atoms with Gasteiger partial charge in [-0.3, -0.25) is 9.78 Å². The summed E-state index contributed by atoms with van der Waals surface area (Å²) in [6, 6.07) is 20.3. The second-order valence-corrected chi connectivity index (χ2v) is 8.87. The molecule has 1 aromatic heterocycles. The number of benzene rings is 3. The van der Waals surface area contributed by atoms with E-state index >= 15 is 0 Å². The van der Waals surface area contributed by atoms with Crippen molar-refractivity contribution in [2.75, 3.05) is 0 Å². The molecule has 0 saturated heterocycles. The molecule has 0 radical (unpaired) electrons. The van der Waals surface area contributed by atoms with Gasteiger partial charge < -0.3 is 0 Å². The zero-order valence-corrected chi connectivity index (χ0v) is 16.7. The number of Topliss-reactive ketones (excluding diaryl/α,β-unsaturated/α-hetero) is 1. The van der Waals surface area contributed by atoms with Crippen molar-refractivity contribution >= 4 is 39.1 Å². The van der Waals surface area contributed by atoms with Gasteiger partial charge in [-0.15, -0.1) is 0 Å². The third-order valence-electron chi connectivity index (χ3n) is 5.65. The summed E-state index contributed by atoms with van der Waals surface area (Å²) < 4.78 is 0. The molecule has 138 valence electrons. The Kier molecular flexibility index (Phi) is 3.82. The molecule has 5 rings (SSSR count). The van der Waals surface area contributed by atoms with Gasteiger partial charge in [-0.1, -0.05) is 67.9 Å². The predicted molar refractivity (Wildman–Crippen MR) is 116 cm³/mol. The molecule has 1 aliphatic carbocycles. The summed E-state index contributed by atoms with van der Waals surface area (Å²) in [5.41, 5.74) is 4.57. The van der Waals surface area contributed by atoms with Gasteiger partial charge in [0.05, 0.1) is 11.2 Å². The Morgan fingerprint density at radius 3 is 2.43 bits per heavy atom. The lowest BCUT2D eigenvalue weighted by atomic mass is 9.73. The summed E-state index contributed by atoms with van der Waals surface area (Å²) in [6.07, 6.45) is 1.34. The summed E-state index contributed by atoms with van der Waals surface area (Å²) in [7, 11) is 0. The second-order valence-electron chi connectivity index (χ2n) is 8.44. The van der Waals surface area contributed by atoms with Crippen LogP contribution in [0.25, 0.3) is 32.8 Å². The van der Waals surface area contributed by atoms with Gasteiger partial charge in [0.15, 0.2) is 5.78 Å². The highest BCUT2D eigenvalue weighted by Gasteiger charge is 2.35. The lowest BCUT2D eigenvalue weighted by Crippen LogP contribution is -2.28. The van der Waals surface area contributed by atoms with E-state index in [1.165, 1.54) is 0 Å². The van der Waals surface area contributed by atoms with E-state index < -0.39 is 0 Å². The van der Waals surface area contributed by atoms with Gasteiger partial charge in [-0.05, 0) is 46.4 Å². The largest absolute Gasteiger partial charge is 0.294 e. The number of rotatable bonds is 1.